The zero-order chi connectivity index (χ0) is 13.9. The van der Waals surface area contributed by atoms with E-state index in [-0.39, 0.29) is 5.54 Å². The molecule has 1 aromatic carbocycles. The van der Waals surface area contributed by atoms with E-state index < -0.39 is 0 Å². The highest BCUT2D eigenvalue weighted by atomic mass is 15.2. The van der Waals surface area contributed by atoms with Crippen molar-refractivity contribution >= 4 is 5.95 Å². The number of benzene rings is 1. The van der Waals surface area contributed by atoms with Crippen LogP contribution >= 0.6 is 0 Å². The van der Waals surface area contributed by atoms with Crippen molar-refractivity contribution in [1.29, 1.82) is 0 Å². The van der Waals surface area contributed by atoms with Crippen molar-refractivity contribution in [2.24, 2.45) is 5.73 Å². The summed E-state index contributed by atoms with van der Waals surface area (Å²) in [6.45, 7) is 4.68. The average Bonchev–Trinajstić information content (AvgIpc) is 2.38. The summed E-state index contributed by atoms with van der Waals surface area (Å²) in [6, 6.07) is 10.1. The minimum absolute atomic E-state index is 0.268. The molecule has 1 aromatic heterocycles. The Balaban J connectivity index is 2.15. The summed E-state index contributed by atoms with van der Waals surface area (Å²) in [5.74, 6) is 0.693. The highest BCUT2D eigenvalue weighted by molar-refractivity contribution is 5.61. The van der Waals surface area contributed by atoms with E-state index in [1.165, 1.54) is 0 Å². The van der Waals surface area contributed by atoms with Gasteiger partial charge < -0.3 is 10.6 Å². The summed E-state index contributed by atoms with van der Waals surface area (Å²) in [5.41, 5.74) is 7.87. The van der Waals surface area contributed by atoms with Gasteiger partial charge in [0.25, 0.3) is 0 Å². The summed E-state index contributed by atoms with van der Waals surface area (Å²) in [7, 11) is 1.95. The van der Waals surface area contributed by atoms with Crippen LogP contribution in [0.25, 0.3) is 11.1 Å². The van der Waals surface area contributed by atoms with Crippen LogP contribution in [0.5, 0.6) is 0 Å². The highest BCUT2D eigenvalue weighted by Gasteiger charge is 2.15. The zero-order valence-corrected chi connectivity index (χ0v) is 11.7. The zero-order valence-electron chi connectivity index (χ0n) is 11.7. The normalized spacial score (nSPS) is 11.4. The third kappa shape index (κ3) is 3.76. The lowest BCUT2D eigenvalue weighted by Crippen LogP contribution is -2.44. The van der Waals surface area contributed by atoms with E-state index in [0.717, 1.165) is 11.1 Å². The minimum Gasteiger partial charge on any atom is -0.342 e. The lowest BCUT2D eigenvalue weighted by atomic mass is 10.1. The van der Waals surface area contributed by atoms with Crippen molar-refractivity contribution in [3.05, 3.63) is 42.7 Å². The Bertz CT molecular complexity index is 514. The van der Waals surface area contributed by atoms with Gasteiger partial charge in [0.2, 0.25) is 5.95 Å². The fourth-order valence-electron chi connectivity index (χ4n) is 1.98. The molecule has 0 aliphatic rings. The van der Waals surface area contributed by atoms with Crippen LogP contribution in [0.2, 0.25) is 0 Å². The first kappa shape index (κ1) is 13.5. The molecule has 0 saturated heterocycles. The molecule has 1 heterocycles. The molecular formula is C15H20N4. The monoisotopic (exact) mass is 256 g/mol. The van der Waals surface area contributed by atoms with Crippen molar-refractivity contribution in [2.45, 2.75) is 19.4 Å². The lowest BCUT2D eigenvalue weighted by molar-refractivity contribution is 0.515. The number of nitrogens with two attached hydrogens (primary N) is 1. The van der Waals surface area contributed by atoms with Gasteiger partial charge in [0.1, 0.15) is 0 Å². The molecule has 0 fully saturated rings. The molecule has 0 atom stereocenters. The van der Waals surface area contributed by atoms with E-state index in [1.54, 1.807) is 0 Å². The number of hydrogen-bond acceptors (Lipinski definition) is 4. The summed E-state index contributed by atoms with van der Waals surface area (Å²) in [4.78, 5) is 10.8. The number of hydrogen-bond donors (Lipinski definition) is 1. The van der Waals surface area contributed by atoms with Gasteiger partial charge in [0.15, 0.2) is 0 Å². The van der Waals surface area contributed by atoms with Crippen molar-refractivity contribution < 1.29 is 0 Å². The van der Waals surface area contributed by atoms with Gasteiger partial charge in [-0.05, 0) is 19.4 Å². The smallest absolute Gasteiger partial charge is 0.225 e. The quantitative estimate of drug-likeness (QED) is 0.912. The molecule has 0 aliphatic heterocycles. The summed E-state index contributed by atoms with van der Waals surface area (Å²) < 4.78 is 0. The van der Waals surface area contributed by atoms with Gasteiger partial charge in [-0.3, -0.25) is 0 Å². The van der Waals surface area contributed by atoms with Crippen LogP contribution in [-0.2, 0) is 0 Å². The van der Waals surface area contributed by atoms with E-state index in [1.807, 2.05) is 68.5 Å². The first-order chi connectivity index (χ1) is 8.96. The van der Waals surface area contributed by atoms with E-state index in [2.05, 4.69) is 9.97 Å². The Morgan fingerprint density at radius 3 is 2.16 bits per heavy atom. The number of nitrogens with zero attached hydrogens (tertiary/aromatic N) is 3. The fraction of sp³-hybridized carbons (Fsp3) is 0.333. The van der Waals surface area contributed by atoms with Gasteiger partial charge in [0, 0.05) is 37.1 Å². The molecule has 2 N–H and O–H groups in total. The average molecular weight is 256 g/mol. The predicted octanol–water partition coefficient (Wildman–Crippen LogP) is 2.32. The number of aromatic nitrogens is 2. The van der Waals surface area contributed by atoms with Gasteiger partial charge in [-0.25, -0.2) is 9.97 Å². The maximum Gasteiger partial charge on any atom is 0.225 e. The van der Waals surface area contributed by atoms with Crippen LogP contribution < -0.4 is 10.6 Å². The van der Waals surface area contributed by atoms with Crippen LogP contribution in [0.4, 0.5) is 5.95 Å². The summed E-state index contributed by atoms with van der Waals surface area (Å²) >= 11 is 0. The Kier molecular flexibility index (Phi) is 3.81. The highest BCUT2D eigenvalue weighted by Crippen LogP contribution is 2.18. The fourth-order valence-corrected chi connectivity index (χ4v) is 1.98. The summed E-state index contributed by atoms with van der Waals surface area (Å²) in [5, 5.41) is 0. The van der Waals surface area contributed by atoms with E-state index in [4.69, 9.17) is 5.73 Å². The van der Waals surface area contributed by atoms with E-state index in [0.29, 0.717) is 12.5 Å². The Hall–Kier alpha value is -1.94. The molecule has 100 valence electrons. The Morgan fingerprint density at radius 2 is 1.63 bits per heavy atom. The van der Waals surface area contributed by atoms with Crippen LogP contribution in [0, 0.1) is 0 Å². The van der Waals surface area contributed by atoms with Gasteiger partial charge in [-0.15, -0.1) is 0 Å². The molecular weight excluding hydrogens is 236 g/mol. The molecule has 0 spiro atoms. The summed E-state index contributed by atoms with van der Waals surface area (Å²) in [6.07, 6.45) is 3.69. The molecule has 0 saturated carbocycles. The molecule has 0 unspecified atom stereocenters. The first-order valence-corrected chi connectivity index (χ1v) is 6.33. The van der Waals surface area contributed by atoms with Crippen molar-refractivity contribution in [2.75, 3.05) is 18.5 Å². The van der Waals surface area contributed by atoms with Gasteiger partial charge >= 0.3 is 0 Å². The maximum absolute atomic E-state index is 6.00. The van der Waals surface area contributed by atoms with Gasteiger partial charge in [-0.2, -0.15) is 0 Å². The van der Waals surface area contributed by atoms with Gasteiger partial charge in [-0.1, -0.05) is 30.3 Å². The second-order valence-corrected chi connectivity index (χ2v) is 5.48. The third-order valence-corrected chi connectivity index (χ3v) is 2.73. The van der Waals surface area contributed by atoms with E-state index >= 15 is 0 Å². The van der Waals surface area contributed by atoms with Crippen LogP contribution in [-0.4, -0.2) is 29.1 Å². The van der Waals surface area contributed by atoms with Crippen molar-refractivity contribution in [1.82, 2.24) is 9.97 Å². The largest absolute Gasteiger partial charge is 0.342 e. The van der Waals surface area contributed by atoms with Crippen molar-refractivity contribution in [3.8, 4) is 11.1 Å². The standard InChI is InChI=1S/C15H20N4/c1-15(2,16)11-19(3)14-17-9-13(10-18-14)12-7-5-4-6-8-12/h4-10H,11,16H2,1-3H3. The Morgan fingerprint density at radius 1 is 1.05 bits per heavy atom. The molecule has 0 radical (unpaired) electrons. The minimum atomic E-state index is -0.268. The number of rotatable bonds is 4. The maximum atomic E-state index is 6.00. The molecule has 19 heavy (non-hydrogen) atoms. The second kappa shape index (κ2) is 5.36. The SMILES string of the molecule is CN(CC(C)(C)N)c1ncc(-c2ccccc2)cn1. The molecule has 2 aromatic rings. The third-order valence-electron chi connectivity index (χ3n) is 2.73. The molecule has 0 bridgehead atoms. The Labute approximate surface area is 114 Å². The first-order valence-electron chi connectivity index (χ1n) is 6.33. The molecule has 2 rings (SSSR count). The van der Waals surface area contributed by atoms with Crippen LogP contribution in [0.1, 0.15) is 13.8 Å². The predicted molar refractivity (Wildman–Crippen MR) is 79.0 cm³/mol. The molecule has 4 heteroatoms. The molecule has 0 aliphatic carbocycles. The van der Waals surface area contributed by atoms with Gasteiger partial charge in [0.05, 0.1) is 0 Å². The molecule has 0 amide bonds. The topological polar surface area (TPSA) is 55.0 Å². The number of likely N-dealkylation sites (N-methyl/N-ethyl adjacent to an activating group) is 1. The number of anilines is 1. The lowest BCUT2D eigenvalue weighted by Gasteiger charge is -2.26. The van der Waals surface area contributed by atoms with Crippen molar-refractivity contribution in [3.63, 3.8) is 0 Å². The van der Waals surface area contributed by atoms with E-state index in [9.17, 15) is 0 Å². The van der Waals surface area contributed by atoms with Crippen LogP contribution in [0.15, 0.2) is 42.7 Å². The second-order valence-electron chi connectivity index (χ2n) is 5.48. The van der Waals surface area contributed by atoms with Crippen LogP contribution in [0.3, 0.4) is 0 Å². The molecule has 4 nitrogen and oxygen atoms in total.